The molecule has 1 amide bonds. The fourth-order valence-corrected chi connectivity index (χ4v) is 1.92. The van der Waals surface area contributed by atoms with Crippen LogP contribution in [0.1, 0.15) is 17.9 Å². The van der Waals surface area contributed by atoms with Crippen molar-refractivity contribution >= 4 is 11.6 Å². The molecule has 1 aliphatic rings. The molecule has 0 bridgehead atoms. The van der Waals surface area contributed by atoms with Gasteiger partial charge in [-0.1, -0.05) is 18.2 Å². The first kappa shape index (κ1) is 9.06. The number of carbonyl (C=O) groups is 1. The van der Waals surface area contributed by atoms with Gasteiger partial charge in [0, 0.05) is 19.3 Å². The van der Waals surface area contributed by atoms with Crippen molar-refractivity contribution in [1.29, 1.82) is 0 Å². The highest BCUT2D eigenvalue weighted by atomic mass is 16.1. The molecule has 1 unspecified atom stereocenters. The molecule has 0 spiro atoms. The summed E-state index contributed by atoms with van der Waals surface area (Å²) in [7, 11) is 1.69. The molecule has 14 heavy (non-hydrogen) atoms. The number of fused-ring (bicyclic) bond motifs is 1. The molecule has 0 radical (unpaired) electrons. The second-order valence-electron chi connectivity index (χ2n) is 3.47. The average molecular weight is 190 g/mol. The minimum Gasteiger partial charge on any atom is -0.385 e. The largest absolute Gasteiger partial charge is 0.385 e. The molecule has 0 aromatic heterocycles. The van der Waals surface area contributed by atoms with Crippen molar-refractivity contribution in [2.24, 2.45) is 0 Å². The van der Waals surface area contributed by atoms with Crippen LogP contribution in [0, 0.1) is 0 Å². The lowest BCUT2D eigenvalue weighted by Gasteiger charge is -2.25. The molecule has 0 fully saturated rings. The third kappa shape index (κ3) is 1.45. The number of nitrogens with one attached hydrogen (secondary N) is 2. The maximum Gasteiger partial charge on any atom is 0.227 e. The maximum atomic E-state index is 11.6. The molecule has 0 saturated heterocycles. The summed E-state index contributed by atoms with van der Waals surface area (Å²) in [6.07, 6.45) is 0.872. The topological polar surface area (TPSA) is 41.1 Å². The highest BCUT2D eigenvalue weighted by molar-refractivity contribution is 5.86. The van der Waals surface area contributed by atoms with E-state index >= 15 is 0 Å². The minimum atomic E-state index is 0.0115. The van der Waals surface area contributed by atoms with Gasteiger partial charge in [0.25, 0.3) is 0 Å². The molecule has 1 aromatic rings. The first-order chi connectivity index (χ1) is 6.83. The molecule has 1 atom stereocenters. The SMILES string of the molecule is CNC(=O)C1CCNc2ccccc21. The summed E-state index contributed by atoms with van der Waals surface area (Å²) in [6.45, 7) is 0.870. The molecular weight excluding hydrogens is 176 g/mol. The van der Waals surface area contributed by atoms with Gasteiger partial charge in [0.05, 0.1) is 5.92 Å². The second kappa shape index (κ2) is 3.70. The zero-order valence-corrected chi connectivity index (χ0v) is 8.21. The van der Waals surface area contributed by atoms with Gasteiger partial charge in [0.15, 0.2) is 0 Å². The Balaban J connectivity index is 2.35. The third-order valence-corrected chi connectivity index (χ3v) is 2.65. The lowest BCUT2D eigenvalue weighted by atomic mass is 9.90. The van der Waals surface area contributed by atoms with Crippen LogP contribution in [0.5, 0.6) is 0 Å². The summed E-state index contributed by atoms with van der Waals surface area (Å²) in [5.74, 6) is 0.122. The Bertz CT molecular complexity index is 349. The van der Waals surface area contributed by atoms with E-state index in [1.807, 2.05) is 24.3 Å². The normalized spacial score (nSPS) is 19.4. The summed E-state index contributed by atoms with van der Waals surface area (Å²) in [5.41, 5.74) is 2.20. The van der Waals surface area contributed by atoms with Crippen LogP contribution in [-0.2, 0) is 4.79 Å². The Morgan fingerprint density at radius 2 is 2.29 bits per heavy atom. The van der Waals surface area contributed by atoms with Gasteiger partial charge in [0.2, 0.25) is 5.91 Å². The Hall–Kier alpha value is -1.51. The van der Waals surface area contributed by atoms with Gasteiger partial charge in [-0.15, -0.1) is 0 Å². The monoisotopic (exact) mass is 190 g/mol. The highest BCUT2D eigenvalue weighted by Crippen LogP contribution is 2.30. The van der Waals surface area contributed by atoms with Crippen molar-refractivity contribution in [1.82, 2.24) is 5.32 Å². The zero-order valence-electron chi connectivity index (χ0n) is 8.21. The number of amides is 1. The molecule has 3 heteroatoms. The van der Waals surface area contributed by atoms with E-state index < -0.39 is 0 Å². The van der Waals surface area contributed by atoms with Crippen molar-refractivity contribution < 1.29 is 4.79 Å². The lowest BCUT2D eigenvalue weighted by molar-refractivity contribution is -0.122. The van der Waals surface area contributed by atoms with E-state index in [1.54, 1.807) is 7.05 Å². The van der Waals surface area contributed by atoms with Crippen LogP contribution in [0.3, 0.4) is 0 Å². The number of hydrogen-bond donors (Lipinski definition) is 2. The molecule has 2 N–H and O–H groups in total. The smallest absolute Gasteiger partial charge is 0.227 e. The van der Waals surface area contributed by atoms with Crippen molar-refractivity contribution in [3.05, 3.63) is 29.8 Å². The second-order valence-corrected chi connectivity index (χ2v) is 3.47. The number of carbonyl (C=O) groups excluding carboxylic acids is 1. The Morgan fingerprint density at radius 3 is 3.07 bits per heavy atom. The lowest BCUT2D eigenvalue weighted by Crippen LogP contribution is -2.30. The van der Waals surface area contributed by atoms with Gasteiger partial charge in [-0.2, -0.15) is 0 Å². The molecule has 1 aromatic carbocycles. The van der Waals surface area contributed by atoms with Gasteiger partial charge < -0.3 is 10.6 Å². The van der Waals surface area contributed by atoms with Gasteiger partial charge in [-0.25, -0.2) is 0 Å². The van der Waals surface area contributed by atoms with Crippen LogP contribution in [0.4, 0.5) is 5.69 Å². The molecule has 0 saturated carbocycles. The van der Waals surface area contributed by atoms with E-state index in [0.29, 0.717) is 0 Å². The van der Waals surface area contributed by atoms with Crippen molar-refractivity contribution in [2.45, 2.75) is 12.3 Å². The van der Waals surface area contributed by atoms with Crippen molar-refractivity contribution in [3.8, 4) is 0 Å². The Morgan fingerprint density at radius 1 is 1.50 bits per heavy atom. The molecule has 74 valence electrons. The van der Waals surface area contributed by atoms with E-state index in [2.05, 4.69) is 10.6 Å². The Kier molecular flexibility index (Phi) is 2.39. The summed E-state index contributed by atoms with van der Waals surface area (Å²) in [4.78, 5) is 11.6. The van der Waals surface area contributed by atoms with Crippen molar-refractivity contribution in [2.75, 3.05) is 18.9 Å². The fraction of sp³-hybridized carbons (Fsp3) is 0.364. The fourth-order valence-electron chi connectivity index (χ4n) is 1.92. The number of anilines is 1. The van der Waals surface area contributed by atoms with E-state index in [-0.39, 0.29) is 11.8 Å². The summed E-state index contributed by atoms with van der Waals surface area (Å²) >= 11 is 0. The van der Waals surface area contributed by atoms with Crippen LogP contribution < -0.4 is 10.6 Å². The summed E-state index contributed by atoms with van der Waals surface area (Å²) in [6, 6.07) is 7.99. The number of rotatable bonds is 1. The van der Waals surface area contributed by atoms with Gasteiger partial charge in [-0.3, -0.25) is 4.79 Å². The number of hydrogen-bond acceptors (Lipinski definition) is 2. The first-order valence-corrected chi connectivity index (χ1v) is 4.87. The van der Waals surface area contributed by atoms with Crippen LogP contribution >= 0.6 is 0 Å². The van der Waals surface area contributed by atoms with Crippen molar-refractivity contribution in [3.63, 3.8) is 0 Å². The van der Waals surface area contributed by atoms with E-state index in [4.69, 9.17) is 0 Å². The van der Waals surface area contributed by atoms with Crippen LogP contribution in [0.25, 0.3) is 0 Å². The molecule has 2 rings (SSSR count). The zero-order chi connectivity index (χ0) is 9.97. The predicted molar refractivity (Wildman–Crippen MR) is 56.4 cm³/mol. The van der Waals surface area contributed by atoms with Gasteiger partial charge >= 0.3 is 0 Å². The van der Waals surface area contributed by atoms with E-state index in [0.717, 1.165) is 24.2 Å². The standard InChI is InChI=1S/C11H14N2O/c1-12-11(14)9-6-7-13-10-5-3-2-4-8(9)10/h2-5,9,13H,6-7H2,1H3,(H,12,14). The first-order valence-electron chi connectivity index (χ1n) is 4.87. The third-order valence-electron chi connectivity index (χ3n) is 2.65. The summed E-state index contributed by atoms with van der Waals surface area (Å²) < 4.78 is 0. The van der Waals surface area contributed by atoms with Crippen LogP contribution in [-0.4, -0.2) is 19.5 Å². The summed E-state index contributed by atoms with van der Waals surface area (Å²) in [5, 5.41) is 6.00. The van der Waals surface area contributed by atoms with E-state index in [9.17, 15) is 4.79 Å². The number of benzene rings is 1. The van der Waals surface area contributed by atoms with E-state index in [1.165, 1.54) is 0 Å². The quantitative estimate of drug-likeness (QED) is 0.701. The molecule has 1 heterocycles. The van der Waals surface area contributed by atoms with Crippen LogP contribution in [0.2, 0.25) is 0 Å². The average Bonchev–Trinajstić information content (AvgIpc) is 2.27. The molecule has 0 aliphatic carbocycles. The maximum absolute atomic E-state index is 11.6. The predicted octanol–water partition coefficient (Wildman–Crippen LogP) is 1.33. The van der Waals surface area contributed by atoms with Crippen LogP contribution in [0.15, 0.2) is 24.3 Å². The van der Waals surface area contributed by atoms with Gasteiger partial charge in [0.1, 0.15) is 0 Å². The number of para-hydroxylation sites is 1. The molecule has 1 aliphatic heterocycles. The number of likely N-dealkylation sites (N-methyl/N-ethyl adjacent to an activating group) is 1. The molecular formula is C11H14N2O. The van der Waals surface area contributed by atoms with Gasteiger partial charge in [-0.05, 0) is 18.1 Å². The molecule has 3 nitrogen and oxygen atoms in total. The minimum absolute atomic E-state index is 0.0115. The highest BCUT2D eigenvalue weighted by Gasteiger charge is 2.24. The Labute approximate surface area is 83.5 Å².